The molecule has 7 aromatic carbocycles. The first-order valence-corrected chi connectivity index (χ1v) is 15.5. The summed E-state index contributed by atoms with van der Waals surface area (Å²) in [5.41, 5.74) is 10.7. The average Bonchev–Trinajstić information content (AvgIpc) is 3.59. The van der Waals surface area contributed by atoms with E-state index in [-0.39, 0.29) is 0 Å². The normalized spacial score (nSPS) is 12.4. The van der Waals surface area contributed by atoms with Crippen LogP contribution in [0.1, 0.15) is 0 Å². The molecule has 10 rings (SSSR count). The van der Waals surface area contributed by atoms with E-state index in [0.29, 0.717) is 0 Å². The Hall–Kier alpha value is -6.06. The van der Waals surface area contributed by atoms with Crippen LogP contribution >= 0.6 is 0 Å². The number of hydrogen-bond donors (Lipinski definition) is 0. The first kappa shape index (κ1) is 24.4. The van der Waals surface area contributed by atoms with Crippen molar-refractivity contribution >= 4 is 60.7 Å². The topological polar surface area (TPSA) is 13.1 Å². The summed E-state index contributed by atoms with van der Waals surface area (Å²) in [6.07, 6.45) is 0. The van der Waals surface area contributed by atoms with Gasteiger partial charge in [0.25, 0.3) is 0 Å². The van der Waals surface area contributed by atoms with Crippen molar-refractivity contribution in [2.24, 2.45) is 0 Å². The highest BCUT2D eigenvalue weighted by atomic mass is 15.3. The molecule has 1 aliphatic heterocycles. The van der Waals surface area contributed by atoms with Gasteiger partial charge in [0.15, 0.2) is 0 Å². The maximum absolute atomic E-state index is 2.44. The molecule has 2 aromatic heterocycles. The van der Waals surface area contributed by atoms with E-state index < -0.39 is 0 Å². The summed E-state index contributed by atoms with van der Waals surface area (Å²) >= 11 is 0. The van der Waals surface area contributed by atoms with Crippen LogP contribution in [0.25, 0.3) is 66.0 Å². The lowest BCUT2D eigenvalue weighted by Gasteiger charge is -2.26. The molecule has 0 amide bonds. The predicted octanol–water partition coefficient (Wildman–Crippen LogP) is 11.3. The minimum absolute atomic E-state index is 1.12. The summed E-state index contributed by atoms with van der Waals surface area (Å²) in [6, 6.07) is 59.7. The SMILES string of the molecule is c1ccc2c(c1)-c1ccccc1-n1c(cc3cc4ccccc4cc31)N2c1ccc(-n2c3ccccc3c3ccccc32)cc1. The van der Waals surface area contributed by atoms with Crippen LogP contribution in [-0.2, 0) is 0 Å². The van der Waals surface area contributed by atoms with Gasteiger partial charge >= 0.3 is 0 Å². The third-order valence-electron chi connectivity index (χ3n) is 9.40. The fraction of sp³-hybridized carbons (Fsp3) is 0. The van der Waals surface area contributed by atoms with E-state index in [4.69, 9.17) is 0 Å². The molecule has 0 spiro atoms. The first-order chi connectivity index (χ1) is 22.3. The van der Waals surface area contributed by atoms with Gasteiger partial charge in [-0.2, -0.15) is 0 Å². The fourth-order valence-corrected chi connectivity index (χ4v) is 7.44. The Morgan fingerprint density at radius 3 is 1.58 bits per heavy atom. The molecular weight excluding hydrogens is 546 g/mol. The van der Waals surface area contributed by atoms with Gasteiger partial charge in [0.2, 0.25) is 0 Å². The van der Waals surface area contributed by atoms with Crippen molar-refractivity contribution in [3.63, 3.8) is 0 Å². The van der Waals surface area contributed by atoms with Gasteiger partial charge in [-0.3, -0.25) is 9.47 Å². The summed E-state index contributed by atoms with van der Waals surface area (Å²) in [4.78, 5) is 2.43. The molecule has 0 radical (unpaired) electrons. The highest BCUT2D eigenvalue weighted by Gasteiger charge is 2.28. The third kappa shape index (κ3) is 3.46. The Balaban J connectivity index is 1.23. The number of para-hydroxylation sites is 4. The number of benzene rings is 7. The number of hydrogen-bond acceptors (Lipinski definition) is 1. The Bertz CT molecular complexity index is 2550. The predicted molar refractivity (Wildman–Crippen MR) is 189 cm³/mol. The molecule has 0 bridgehead atoms. The van der Waals surface area contributed by atoms with Gasteiger partial charge in [-0.15, -0.1) is 0 Å². The minimum atomic E-state index is 1.12. The Morgan fingerprint density at radius 1 is 0.333 bits per heavy atom. The summed E-state index contributed by atoms with van der Waals surface area (Å²) in [5, 5.41) is 6.26. The van der Waals surface area contributed by atoms with Crippen LogP contribution < -0.4 is 4.90 Å². The van der Waals surface area contributed by atoms with Gasteiger partial charge in [-0.05, 0) is 77.5 Å². The van der Waals surface area contributed by atoms with Gasteiger partial charge < -0.3 is 4.57 Å². The van der Waals surface area contributed by atoms with Crippen molar-refractivity contribution in [3.05, 3.63) is 164 Å². The van der Waals surface area contributed by atoms with Crippen LogP contribution in [-0.4, -0.2) is 9.13 Å². The largest absolute Gasteiger partial charge is 0.309 e. The Labute approximate surface area is 260 Å². The molecule has 0 N–H and O–H groups in total. The zero-order chi connectivity index (χ0) is 29.5. The van der Waals surface area contributed by atoms with Crippen molar-refractivity contribution in [3.8, 4) is 22.5 Å². The molecule has 45 heavy (non-hydrogen) atoms. The van der Waals surface area contributed by atoms with E-state index in [1.807, 2.05) is 0 Å². The van der Waals surface area contributed by atoms with Crippen molar-refractivity contribution in [1.82, 2.24) is 9.13 Å². The zero-order valence-electron chi connectivity index (χ0n) is 24.4. The van der Waals surface area contributed by atoms with Crippen LogP contribution in [0.15, 0.2) is 164 Å². The van der Waals surface area contributed by atoms with Crippen molar-refractivity contribution in [2.45, 2.75) is 0 Å². The van der Waals surface area contributed by atoms with Gasteiger partial charge in [-0.1, -0.05) is 97.1 Å². The molecule has 0 saturated carbocycles. The van der Waals surface area contributed by atoms with E-state index in [0.717, 1.165) is 17.2 Å². The van der Waals surface area contributed by atoms with Crippen molar-refractivity contribution in [2.75, 3.05) is 4.90 Å². The summed E-state index contributed by atoms with van der Waals surface area (Å²) in [5.74, 6) is 1.13. The first-order valence-electron chi connectivity index (χ1n) is 15.5. The number of nitrogens with zero attached hydrogens (tertiary/aromatic N) is 3. The molecule has 0 fully saturated rings. The molecular formula is C42H27N3. The number of anilines is 3. The molecule has 0 saturated heterocycles. The number of aromatic nitrogens is 2. The van der Waals surface area contributed by atoms with Crippen molar-refractivity contribution in [1.29, 1.82) is 0 Å². The molecule has 0 unspecified atom stereocenters. The second kappa shape index (κ2) is 9.22. The van der Waals surface area contributed by atoms with Crippen LogP contribution in [0.3, 0.4) is 0 Å². The second-order valence-corrected chi connectivity index (χ2v) is 11.9. The van der Waals surface area contributed by atoms with E-state index >= 15 is 0 Å². The fourth-order valence-electron chi connectivity index (χ4n) is 7.44. The highest BCUT2D eigenvalue weighted by Crippen LogP contribution is 2.49. The molecule has 3 heteroatoms. The molecule has 0 aliphatic carbocycles. The average molecular weight is 574 g/mol. The van der Waals surface area contributed by atoms with Crippen LogP contribution in [0.5, 0.6) is 0 Å². The lowest BCUT2D eigenvalue weighted by Crippen LogP contribution is -2.13. The minimum Gasteiger partial charge on any atom is -0.309 e. The Kier molecular flexibility index (Phi) is 5.00. The smallest absolute Gasteiger partial charge is 0.123 e. The maximum atomic E-state index is 2.44. The van der Waals surface area contributed by atoms with Gasteiger partial charge in [-0.25, -0.2) is 0 Å². The second-order valence-electron chi connectivity index (χ2n) is 11.9. The summed E-state index contributed by atoms with van der Waals surface area (Å²) < 4.78 is 4.82. The third-order valence-corrected chi connectivity index (χ3v) is 9.40. The molecule has 0 atom stereocenters. The monoisotopic (exact) mass is 573 g/mol. The molecule has 1 aliphatic rings. The molecule has 3 nitrogen and oxygen atoms in total. The van der Waals surface area contributed by atoms with Gasteiger partial charge in [0.05, 0.1) is 27.9 Å². The summed E-state index contributed by atoms with van der Waals surface area (Å²) in [7, 11) is 0. The quantitative estimate of drug-likeness (QED) is 0.200. The van der Waals surface area contributed by atoms with Crippen LogP contribution in [0, 0.1) is 0 Å². The van der Waals surface area contributed by atoms with E-state index in [9.17, 15) is 0 Å². The van der Waals surface area contributed by atoms with E-state index in [1.165, 1.54) is 66.0 Å². The number of rotatable bonds is 2. The molecule has 210 valence electrons. The standard InChI is InChI=1S/C42H27N3/c1-2-12-29-26-41-30(25-28(29)11-1)27-42-44(39-19-9-5-15-35(39)36-16-6-10-20-40(36)45(41)42)32-23-21-31(22-24-32)43-37-17-7-3-13-33(37)34-14-4-8-18-38(34)43/h1-27H. The van der Waals surface area contributed by atoms with E-state index in [2.05, 4.69) is 178 Å². The van der Waals surface area contributed by atoms with E-state index in [1.54, 1.807) is 0 Å². The number of fused-ring (bicyclic) bond motifs is 11. The van der Waals surface area contributed by atoms with Crippen LogP contribution in [0.4, 0.5) is 17.2 Å². The van der Waals surface area contributed by atoms with Crippen molar-refractivity contribution < 1.29 is 0 Å². The molecule has 3 heterocycles. The lowest BCUT2D eigenvalue weighted by molar-refractivity contribution is 1.09. The Morgan fingerprint density at radius 2 is 0.867 bits per heavy atom. The maximum Gasteiger partial charge on any atom is 0.123 e. The highest BCUT2D eigenvalue weighted by molar-refractivity contribution is 6.09. The van der Waals surface area contributed by atoms with Gasteiger partial charge in [0, 0.05) is 38.7 Å². The summed E-state index contributed by atoms with van der Waals surface area (Å²) in [6.45, 7) is 0. The molecule has 9 aromatic rings. The lowest BCUT2D eigenvalue weighted by atomic mass is 10.0. The van der Waals surface area contributed by atoms with Crippen LogP contribution in [0.2, 0.25) is 0 Å². The van der Waals surface area contributed by atoms with Gasteiger partial charge in [0.1, 0.15) is 5.82 Å². The zero-order valence-corrected chi connectivity index (χ0v) is 24.4.